The van der Waals surface area contributed by atoms with E-state index in [1.165, 1.54) is 13.3 Å². The van der Waals surface area contributed by atoms with Crippen molar-refractivity contribution in [1.82, 2.24) is 15.6 Å². The third-order valence-electron chi connectivity index (χ3n) is 2.75. The second kappa shape index (κ2) is 6.00. The zero-order valence-corrected chi connectivity index (χ0v) is 10.8. The molecule has 0 saturated carbocycles. The first-order chi connectivity index (χ1) is 9.58. The van der Waals surface area contributed by atoms with Gasteiger partial charge in [0.2, 0.25) is 11.8 Å². The molecule has 1 aromatic heterocycles. The van der Waals surface area contributed by atoms with Gasteiger partial charge in [0.1, 0.15) is 6.04 Å². The van der Waals surface area contributed by atoms with Gasteiger partial charge in [-0.25, -0.2) is 9.78 Å². The van der Waals surface area contributed by atoms with Crippen molar-refractivity contribution in [2.45, 2.75) is 18.9 Å². The van der Waals surface area contributed by atoms with Crippen LogP contribution in [0.3, 0.4) is 0 Å². The number of methoxy groups -OCH3 is 1. The first kappa shape index (κ1) is 13.8. The van der Waals surface area contributed by atoms with Gasteiger partial charge >= 0.3 is 6.03 Å². The van der Waals surface area contributed by atoms with Crippen LogP contribution >= 0.6 is 0 Å². The smallest absolute Gasteiger partial charge is 0.322 e. The van der Waals surface area contributed by atoms with E-state index < -0.39 is 18.0 Å². The first-order valence-electron chi connectivity index (χ1n) is 6.00. The summed E-state index contributed by atoms with van der Waals surface area (Å²) >= 11 is 0. The van der Waals surface area contributed by atoms with Crippen LogP contribution < -0.4 is 20.7 Å². The second-order valence-electron chi connectivity index (χ2n) is 4.19. The molecular weight excluding hydrogens is 264 g/mol. The van der Waals surface area contributed by atoms with Crippen LogP contribution in [0.4, 0.5) is 10.5 Å². The van der Waals surface area contributed by atoms with Crippen molar-refractivity contribution in [3.8, 4) is 5.88 Å². The van der Waals surface area contributed by atoms with Crippen molar-refractivity contribution in [1.29, 1.82) is 0 Å². The lowest BCUT2D eigenvalue weighted by atomic mass is 10.1. The van der Waals surface area contributed by atoms with Gasteiger partial charge in [-0.15, -0.1) is 0 Å². The number of anilines is 1. The zero-order chi connectivity index (χ0) is 14.5. The fourth-order valence-electron chi connectivity index (χ4n) is 1.74. The van der Waals surface area contributed by atoms with Gasteiger partial charge in [-0.3, -0.25) is 14.9 Å². The van der Waals surface area contributed by atoms with Crippen LogP contribution in [-0.4, -0.2) is 36.0 Å². The van der Waals surface area contributed by atoms with Gasteiger partial charge in [-0.05, 0) is 12.5 Å². The third-order valence-corrected chi connectivity index (χ3v) is 2.75. The maximum absolute atomic E-state index is 11.7. The number of ether oxygens (including phenoxy) is 1. The molecule has 106 valence electrons. The molecule has 20 heavy (non-hydrogen) atoms. The number of aromatic nitrogens is 1. The summed E-state index contributed by atoms with van der Waals surface area (Å²) in [6, 6.07) is 2.11. The summed E-state index contributed by atoms with van der Waals surface area (Å²) in [7, 11) is 1.50. The molecule has 1 aliphatic heterocycles. The number of urea groups is 1. The van der Waals surface area contributed by atoms with E-state index in [2.05, 4.69) is 20.9 Å². The molecule has 8 nitrogen and oxygen atoms in total. The monoisotopic (exact) mass is 278 g/mol. The molecule has 0 spiro atoms. The molecule has 0 aromatic carbocycles. The summed E-state index contributed by atoms with van der Waals surface area (Å²) in [6.07, 6.45) is 1.83. The number of hydrogen-bond acceptors (Lipinski definition) is 5. The van der Waals surface area contributed by atoms with Crippen molar-refractivity contribution >= 4 is 23.5 Å². The van der Waals surface area contributed by atoms with Crippen molar-refractivity contribution in [2.75, 3.05) is 12.4 Å². The third kappa shape index (κ3) is 3.44. The number of imide groups is 1. The van der Waals surface area contributed by atoms with Gasteiger partial charge in [0, 0.05) is 12.5 Å². The molecule has 1 aromatic rings. The first-order valence-corrected chi connectivity index (χ1v) is 6.00. The number of carbonyl (C=O) groups is 3. The van der Waals surface area contributed by atoms with E-state index in [9.17, 15) is 14.4 Å². The predicted molar refractivity (Wildman–Crippen MR) is 69.1 cm³/mol. The van der Waals surface area contributed by atoms with Crippen molar-refractivity contribution in [3.63, 3.8) is 0 Å². The normalized spacial score (nSPS) is 17.4. The molecule has 0 radical (unpaired) electrons. The molecule has 3 N–H and O–H groups in total. The Kier molecular flexibility index (Phi) is 4.14. The molecule has 4 amide bonds. The van der Waals surface area contributed by atoms with Crippen LogP contribution in [0, 0.1) is 0 Å². The minimum absolute atomic E-state index is 0.115. The fraction of sp³-hybridized carbons (Fsp3) is 0.333. The zero-order valence-electron chi connectivity index (χ0n) is 10.8. The number of nitrogens with one attached hydrogen (secondary N) is 3. The van der Waals surface area contributed by atoms with Crippen molar-refractivity contribution in [2.24, 2.45) is 0 Å². The molecular formula is C12H14N4O4. The number of rotatable bonds is 5. The van der Waals surface area contributed by atoms with Crippen molar-refractivity contribution < 1.29 is 19.1 Å². The quantitative estimate of drug-likeness (QED) is 0.658. The van der Waals surface area contributed by atoms with Gasteiger partial charge < -0.3 is 15.4 Å². The lowest BCUT2D eigenvalue weighted by Gasteiger charge is -2.08. The standard InChI is InChI=1S/C12H14N4O4/c1-20-10-5-2-7(6-13-10)14-9(17)4-3-8-11(18)16-12(19)15-8/h2,5-6,8H,3-4H2,1H3,(H,14,17)(H2,15,16,18,19)/t8-/m1/s1. The lowest BCUT2D eigenvalue weighted by Crippen LogP contribution is -2.30. The van der Waals surface area contributed by atoms with E-state index >= 15 is 0 Å². The van der Waals surface area contributed by atoms with Gasteiger partial charge in [-0.2, -0.15) is 0 Å². The maximum Gasteiger partial charge on any atom is 0.322 e. The number of hydrogen-bond donors (Lipinski definition) is 3. The van der Waals surface area contributed by atoms with Gasteiger partial charge in [0.25, 0.3) is 5.91 Å². The summed E-state index contributed by atoms with van der Waals surface area (Å²) < 4.78 is 4.90. The highest BCUT2D eigenvalue weighted by Crippen LogP contribution is 2.12. The SMILES string of the molecule is COc1ccc(NC(=O)CC[C@H]2NC(=O)NC2=O)cn1. The number of carbonyl (C=O) groups excluding carboxylic acids is 3. The maximum atomic E-state index is 11.7. The molecule has 0 aliphatic carbocycles. The molecule has 1 aliphatic rings. The average Bonchev–Trinajstić information content (AvgIpc) is 2.75. The largest absolute Gasteiger partial charge is 0.481 e. The molecule has 2 rings (SSSR count). The van der Waals surface area contributed by atoms with E-state index in [-0.39, 0.29) is 18.7 Å². The summed E-state index contributed by atoms with van der Waals surface area (Å²) in [5.41, 5.74) is 0.538. The van der Waals surface area contributed by atoms with Gasteiger partial charge in [0.05, 0.1) is 19.0 Å². The number of pyridine rings is 1. The highest BCUT2D eigenvalue weighted by molar-refractivity contribution is 6.04. The summed E-state index contributed by atoms with van der Waals surface area (Å²) in [4.78, 5) is 37.8. The van der Waals surface area contributed by atoms with Crippen LogP contribution in [0.15, 0.2) is 18.3 Å². The minimum atomic E-state index is -0.651. The minimum Gasteiger partial charge on any atom is -0.481 e. The topological polar surface area (TPSA) is 109 Å². The van der Waals surface area contributed by atoms with Crippen LogP contribution in [0.2, 0.25) is 0 Å². The molecule has 1 fully saturated rings. The van der Waals surface area contributed by atoms with Crippen LogP contribution in [0.5, 0.6) is 5.88 Å². The van der Waals surface area contributed by atoms with Crippen molar-refractivity contribution in [3.05, 3.63) is 18.3 Å². The molecule has 1 atom stereocenters. The van der Waals surface area contributed by atoms with E-state index in [1.807, 2.05) is 0 Å². The number of amides is 4. The predicted octanol–water partition coefficient (Wildman–Crippen LogP) is 0.0169. The Bertz CT molecular complexity index is 529. The van der Waals surface area contributed by atoms with E-state index in [4.69, 9.17) is 4.74 Å². The summed E-state index contributed by atoms with van der Waals surface area (Å²) in [5, 5.41) is 7.18. The summed E-state index contributed by atoms with van der Waals surface area (Å²) in [5.74, 6) is -0.215. The molecule has 0 unspecified atom stereocenters. The van der Waals surface area contributed by atoms with E-state index in [0.717, 1.165) is 0 Å². The molecule has 2 heterocycles. The lowest BCUT2D eigenvalue weighted by molar-refractivity contribution is -0.120. The Morgan fingerprint density at radius 1 is 1.45 bits per heavy atom. The van der Waals surface area contributed by atoms with E-state index in [0.29, 0.717) is 11.6 Å². The average molecular weight is 278 g/mol. The Balaban J connectivity index is 1.80. The Morgan fingerprint density at radius 3 is 2.80 bits per heavy atom. The Morgan fingerprint density at radius 2 is 2.25 bits per heavy atom. The molecule has 0 bridgehead atoms. The van der Waals surface area contributed by atoms with Gasteiger partial charge in [0.15, 0.2) is 0 Å². The van der Waals surface area contributed by atoms with Crippen LogP contribution in [0.1, 0.15) is 12.8 Å². The van der Waals surface area contributed by atoms with Gasteiger partial charge in [-0.1, -0.05) is 0 Å². The van der Waals surface area contributed by atoms with Crippen LogP contribution in [-0.2, 0) is 9.59 Å². The second-order valence-corrected chi connectivity index (χ2v) is 4.19. The highest BCUT2D eigenvalue weighted by Gasteiger charge is 2.29. The van der Waals surface area contributed by atoms with E-state index in [1.54, 1.807) is 12.1 Å². The summed E-state index contributed by atoms with van der Waals surface area (Å²) in [6.45, 7) is 0. The fourth-order valence-corrected chi connectivity index (χ4v) is 1.74. The highest BCUT2D eigenvalue weighted by atomic mass is 16.5. The molecule has 1 saturated heterocycles. The Hall–Kier alpha value is -2.64. The number of nitrogens with zero attached hydrogens (tertiary/aromatic N) is 1. The Labute approximate surface area is 114 Å². The molecule has 8 heteroatoms. The van der Waals surface area contributed by atoms with Crippen LogP contribution in [0.25, 0.3) is 0 Å².